The van der Waals surface area contributed by atoms with Crippen molar-refractivity contribution in [3.8, 4) is 0 Å². The Kier molecular flexibility index (Phi) is 3.97. The van der Waals surface area contributed by atoms with E-state index in [-0.39, 0.29) is 16.8 Å². The molecule has 0 unspecified atom stereocenters. The third-order valence-electron chi connectivity index (χ3n) is 1.92. The highest BCUT2D eigenvalue weighted by molar-refractivity contribution is 9.10. The summed E-state index contributed by atoms with van der Waals surface area (Å²) in [5, 5.41) is 0. The fourth-order valence-electron chi connectivity index (χ4n) is 1.26. The number of ketones is 1. The fraction of sp³-hybridized carbons (Fsp3) is 0.364. The maximum atomic E-state index is 13.5. The fourth-order valence-corrected chi connectivity index (χ4v) is 1.59. The highest BCUT2D eigenvalue weighted by atomic mass is 79.9. The molecule has 0 aliphatic heterocycles. The van der Waals surface area contributed by atoms with Crippen LogP contribution in [0.1, 0.15) is 30.6 Å². The van der Waals surface area contributed by atoms with Crippen LogP contribution >= 0.6 is 15.9 Å². The second kappa shape index (κ2) is 4.84. The predicted octanol–water partition coefficient (Wildman–Crippen LogP) is 3.96. The van der Waals surface area contributed by atoms with E-state index in [1.54, 1.807) is 0 Å². The molecule has 82 valence electrons. The second-order valence-electron chi connectivity index (χ2n) is 3.74. The summed E-state index contributed by atoms with van der Waals surface area (Å²) < 4.78 is 26.8. The lowest BCUT2D eigenvalue weighted by Crippen LogP contribution is -2.09. The summed E-state index contributed by atoms with van der Waals surface area (Å²) in [4.78, 5) is 11.5. The molecular weight excluding hydrogens is 266 g/mol. The largest absolute Gasteiger partial charge is 0.294 e. The topological polar surface area (TPSA) is 17.1 Å². The average Bonchev–Trinajstić information content (AvgIpc) is 2.11. The van der Waals surface area contributed by atoms with Crippen LogP contribution in [0.15, 0.2) is 16.6 Å². The first-order valence-corrected chi connectivity index (χ1v) is 5.39. The van der Waals surface area contributed by atoms with Crippen molar-refractivity contribution < 1.29 is 13.6 Å². The van der Waals surface area contributed by atoms with E-state index in [4.69, 9.17) is 0 Å². The minimum atomic E-state index is -0.819. The Morgan fingerprint density at radius 3 is 2.53 bits per heavy atom. The van der Waals surface area contributed by atoms with Gasteiger partial charge in [-0.3, -0.25) is 4.79 Å². The molecule has 1 aromatic rings. The first-order valence-electron chi connectivity index (χ1n) is 4.60. The molecule has 15 heavy (non-hydrogen) atoms. The Bertz CT molecular complexity index is 388. The van der Waals surface area contributed by atoms with Crippen LogP contribution in [0.2, 0.25) is 0 Å². The van der Waals surface area contributed by atoms with Gasteiger partial charge < -0.3 is 0 Å². The summed E-state index contributed by atoms with van der Waals surface area (Å²) in [6.07, 6.45) is 0.143. The van der Waals surface area contributed by atoms with Gasteiger partial charge in [0.2, 0.25) is 0 Å². The Morgan fingerprint density at radius 2 is 2.00 bits per heavy atom. The number of benzene rings is 1. The van der Waals surface area contributed by atoms with Gasteiger partial charge >= 0.3 is 0 Å². The maximum absolute atomic E-state index is 13.5. The first-order chi connectivity index (χ1) is 6.93. The lowest BCUT2D eigenvalue weighted by atomic mass is 10.0. The smallest absolute Gasteiger partial charge is 0.169 e. The summed E-state index contributed by atoms with van der Waals surface area (Å²) in [7, 11) is 0. The summed E-state index contributed by atoms with van der Waals surface area (Å²) >= 11 is 2.92. The molecule has 1 aromatic carbocycles. The van der Waals surface area contributed by atoms with Gasteiger partial charge in [-0.05, 0) is 34.0 Å². The number of rotatable bonds is 3. The van der Waals surface area contributed by atoms with Gasteiger partial charge in [0.05, 0.1) is 10.0 Å². The van der Waals surface area contributed by atoms with Crippen molar-refractivity contribution >= 4 is 21.7 Å². The lowest BCUT2D eigenvalue weighted by molar-refractivity contribution is 0.0959. The predicted molar refractivity (Wildman–Crippen MR) is 57.8 cm³/mol. The van der Waals surface area contributed by atoms with Gasteiger partial charge in [0, 0.05) is 6.42 Å². The van der Waals surface area contributed by atoms with Crippen LogP contribution in [-0.2, 0) is 0 Å². The van der Waals surface area contributed by atoms with Crippen molar-refractivity contribution in [2.45, 2.75) is 20.3 Å². The minimum Gasteiger partial charge on any atom is -0.294 e. The first kappa shape index (κ1) is 12.3. The Morgan fingerprint density at radius 1 is 1.40 bits per heavy atom. The molecule has 0 spiro atoms. The summed E-state index contributed by atoms with van der Waals surface area (Å²) in [6, 6.07) is 2.33. The Balaban J connectivity index is 3.13. The van der Waals surface area contributed by atoms with Crippen LogP contribution in [0.25, 0.3) is 0 Å². The molecule has 0 amide bonds. The monoisotopic (exact) mass is 276 g/mol. The standard InChI is InChI=1S/C11H11BrF2O/c1-6(2)5-9(15)10-8(13)4-3-7(12)11(10)14/h3-4,6H,5H2,1-2H3. The molecule has 0 saturated heterocycles. The van der Waals surface area contributed by atoms with Crippen molar-refractivity contribution in [2.75, 3.05) is 0 Å². The minimum absolute atomic E-state index is 0.0790. The van der Waals surface area contributed by atoms with Crippen molar-refractivity contribution in [1.29, 1.82) is 0 Å². The highest BCUT2D eigenvalue weighted by Gasteiger charge is 2.19. The third kappa shape index (κ3) is 2.84. The van der Waals surface area contributed by atoms with Gasteiger partial charge in [0.25, 0.3) is 0 Å². The molecule has 0 saturated carbocycles. The molecule has 0 aliphatic carbocycles. The van der Waals surface area contributed by atoms with Gasteiger partial charge in [-0.15, -0.1) is 0 Å². The van der Waals surface area contributed by atoms with Crippen molar-refractivity contribution in [3.63, 3.8) is 0 Å². The Hall–Kier alpha value is -0.770. The molecule has 4 heteroatoms. The second-order valence-corrected chi connectivity index (χ2v) is 4.59. The van der Waals surface area contributed by atoms with E-state index in [2.05, 4.69) is 15.9 Å². The zero-order valence-electron chi connectivity index (χ0n) is 8.48. The zero-order valence-corrected chi connectivity index (χ0v) is 10.1. The van der Waals surface area contributed by atoms with E-state index >= 15 is 0 Å². The molecule has 0 heterocycles. The molecule has 0 bridgehead atoms. The van der Waals surface area contributed by atoms with Crippen LogP contribution in [0.3, 0.4) is 0 Å². The molecule has 1 nitrogen and oxygen atoms in total. The normalized spacial score (nSPS) is 10.8. The third-order valence-corrected chi connectivity index (χ3v) is 2.53. The Labute approximate surface area is 95.6 Å². The van der Waals surface area contributed by atoms with Crippen LogP contribution in [-0.4, -0.2) is 5.78 Å². The van der Waals surface area contributed by atoms with Gasteiger partial charge in [-0.2, -0.15) is 0 Å². The highest BCUT2D eigenvalue weighted by Crippen LogP contribution is 2.23. The lowest BCUT2D eigenvalue weighted by Gasteiger charge is -2.07. The summed E-state index contributed by atoms with van der Waals surface area (Å²) in [5.41, 5.74) is -0.446. The van der Waals surface area contributed by atoms with Gasteiger partial charge in [-0.1, -0.05) is 13.8 Å². The molecule has 0 fully saturated rings. The SMILES string of the molecule is CC(C)CC(=O)c1c(F)ccc(Br)c1F. The summed E-state index contributed by atoms with van der Waals surface area (Å²) in [5.74, 6) is -2.04. The van der Waals surface area contributed by atoms with Gasteiger partial charge in [-0.25, -0.2) is 8.78 Å². The van der Waals surface area contributed by atoms with Crippen molar-refractivity contribution in [1.82, 2.24) is 0 Å². The molecule has 0 radical (unpaired) electrons. The molecule has 1 rings (SSSR count). The van der Waals surface area contributed by atoms with Crippen LogP contribution in [0, 0.1) is 17.6 Å². The number of hydrogen-bond donors (Lipinski definition) is 0. The van der Waals surface area contributed by atoms with Gasteiger partial charge in [0.1, 0.15) is 5.82 Å². The van der Waals surface area contributed by atoms with E-state index in [0.29, 0.717) is 0 Å². The number of hydrogen-bond acceptors (Lipinski definition) is 1. The molecule has 0 atom stereocenters. The van der Waals surface area contributed by atoms with E-state index in [1.807, 2.05) is 13.8 Å². The van der Waals surface area contributed by atoms with Crippen LogP contribution in [0.4, 0.5) is 8.78 Å². The number of Topliss-reactive ketones (excluding diaryl/α,β-unsaturated/α-hetero) is 1. The van der Waals surface area contributed by atoms with E-state index in [1.165, 1.54) is 6.07 Å². The molecular formula is C11H11BrF2O. The van der Waals surface area contributed by atoms with Gasteiger partial charge in [0.15, 0.2) is 11.6 Å². The summed E-state index contributed by atoms with van der Waals surface area (Å²) in [6.45, 7) is 3.65. The quantitative estimate of drug-likeness (QED) is 0.603. The van der Waals surface area contributed by atoms with Crippen molar-refractivity contribution in [3.05, 3.63) is 33.8 Å². The van der Waals surface area contributed by atoms with E-state index in [0.717, 1.165) is 6.07 Å². The van der Waals surface area contributed by atoms with E-state index < -0.39 is 23.0 Å². The van der Waals surface area contributed by atoms with Crippen LogP contribution in [0.5, 0.6) is 0 Å². The zero-order chi connectivity index (χ0) is 11.6. The maximum Gasteiger partial charge on any atom is 0.169 e. The van der Waals surface area contributed by atoms with Crippen LogP contribution < -0.4 is 0 Å². The molecule has 0 aromatic heterocycles. The number of halogens is 3. The number of carbonyl (C=O) groups is 1. The molecule has 0 N–H and O–H groups in total. The molecule has 0 aliphatic rings. The van der Waals surface area contributed by atoms with E-state index in [9.17, 15) is 13.6 Å². The average molecular weight is 277 g/mol. The van der Waals surface area contributed by atoms with Crippen molar-refractivity contribution in [2.24, 2.45) is 5.92 Å². The number of carbonyl (C=O) groups excluding carboxylic acids is 1.